The quantitative estimate of drug-likeness (QED) is 0.176. The number of furan rings is 1. The molecule has 10 heteroatoms. The third-order valence-electron chi connectivity index (χ3n) is 14.8. The number of para-hydroxylation sites is 4. The standard InChI is InChI=1S/C63H33F3N6O/c1-34-18-24-56-44(28-34)42-22-23-43-41-13-5-9-17-57(41)73-63(43)62(42)72(56)61-49(33-68)59(70-51-15-7-3-11-39(51)46-30-36(65)20-26-54(46)70)58(69-50-14-6-2-10-38(50)45-29-35(64)19-25-53(45)69)48(32-67)60(61)71-52-16-8-4-12-40(52)47-31-37(66)21-27-55(47)71/h2-31H,1H3. The van der Waals surface area contributed by atoms with Gasteiger partial charge >= 0.3 is 0 Å². The summed E-state index contributed by atoms with van der Waals surface area (Å²) in [6.45, 7) is 2.04. The number of aryl methyl sites for hydroxylation is 1. The van der Waals surface area contributed by atoms with Crippen molar-refractivity contribution in [2.75, 3.05) is 0 Å². The Morgan fingerprint density at radius 3 is 1.21 bits per heavy atom. The normalized spacial score (nSPS) is 12.1. The summed E-state index contributed by atoms with van der Waals surface area (Å²) in [4.78, 5) is 0. The van der Waals surface area contributed by atoms with Gasteiger partial charge in [0.1, 0.15) is 46.3 Å². The zero-order chi connectivity index (χ0) is 49.0. The monoisotopic (exact) mass is 946 g/mol. The molecule has 5 aromatic heterocycles. The molecule has 0 radical (unpaired) electrons. The first-order valence-corrected chi connectivity index (χ1v) is 23.8. The Morgan fingerprint density at radius 1 is 0.356 bits per heavy atom. The van der Waals surface area contributed by atoms with E-state index in [2.05, 4.69) is 34.9 Å². The highest BCUT2D eigenvalue weighted by atomic mass is 19.1. The van der Waals surface area contributed by atoms with Crippen LogP contribution in [0.1, 0.15) is 16.7 Å². The van der Waals surface area contributed by atoms with E-state index >= 15 is 13.2 Å². The van der Waals surface area contributed by atoms with Crippen molar-refractivity contribution in [3.8, 4) is 34.9 Å². The molecule has 73 heavy (non-hydrogen) atoms. The molecular formula is C63H33F3N6O. The lowest BCUT2D eigenvalue weighted by atomic mass is 9.98. The Labute approximate surface area is 411 Å². The maximum Gasteiger partial charge on any atom is 0.160 e. The lowest BCUT2D eigenvalue weighted by molar-refractivity contribution is 0.629. The maximum absolute atomic E-state index is 15.7. The van der Waals surface area contributed by atoms with Crippen LogP contribution in [-0.2, 0) is 0 Å². The topological polar surface area (TPSA) is 80.4 Å². The van der Waals surface area contributed by atoms with E-state index in [4.69, 9.17) is 4.42 Å². The molecule has 0 aliphatic rings. The van der Waals surface area contributed by atoms with Crippen molar-refractivity contribution in [2.45, 2.75) is 6.92 Å². The average Bonchev–Trinajstić information content (AvgIpc) is 4.21. The molecule has 0 spiro atoms. The van der Waals surface area contributed by atoms with Crippen molar-refractivity contribution in [3.05, 3.63) is 216 Å². The third kappa shape index (κ3) is 5.41. The van der Waals surface area contributed by atoms with Crippen LogP contribution in [0.25, 0.3) is 132 Å². The predicted octanol–water partition coefficient (Wildman–Crippen LogP) is 16.4. The molecule has 0 saturated heterocycles. The summed E-state index contributed by atoms with van der Waals surface area (Å²) in [7, 11) is 0. The Hall–Kier alpha value is -10.0. The number of nitriles is 2. The van der Waals surface area contributed by atoms with E-state index in [1.165, 1.54) is 36.4 Å². The summed E-state index contributed by atoms with van der Waals surface area (Å²) < 4.78 is 61.7. The average molecular weight is 947 g/mol. The fourth-order valence-electron chi connectivity index (χ4n) is 12.0. The first kappa shape index (κ1) is 40.8. The van der Waals surface area contributed by atoms with Crippen LogP contribution in [0.3, 0.4) is 0 Å². The smallest absolute Gasteiger partial charge is 0.160 e. The summed E-state index contributed by atoms with van der Waals surface area (Å²) in [5.74, 6) is -1.31. The number of fused-ring (bicyclic) bond motifs is 16. The van der Waals surface area contributed by atoms with Crippen LogP contribution < -0.4 is 0 Å². The number of benzene rings is 10. The molecule has 0 fully saturated rings. The number of aromatic nitrogens is 4. The third-order valence-corrected chi connectivity index (χ3v) is 14.8. The Kier molecular flexibility index (Phi) is 8.25. The highest BCUT2D eigenvalue weighted by Crippen LogP contribution is 2.50. The van der Waals surface area contributed by atoms with Gasteiger partial charge in [0.2, 0.25) is 0 Å². The summed E-state index contributed by atoms with van der Waals surface area (Å²) in [5, 5.41) is 32.5. The van der Waals surface area contributed by atoms with Crippen molar-refractivity contribution in [1.82, 2.24) is 18.3 Å². The van der Waals surface area contributed by atoms with Gasteiger partial charge in [-0.3, -0.25) is 0 Å². The van der Waals surface area contributed by atoms with Gasteiger partial charge in [-0.2, -0.15) is 10.5 Å². The molecule has 0 N–H and O–H groups in total. The molecule has 0 aliphatic heterocycles. The molecule has 0 unspecified atom stereocenters. The molecule has 342 valence electrons. The summed E-state index contributed by atoms with van der Waals surface area (Å²) in [6.07, 6.45) is 0. The second kappa shape index (κ2) is 14.8. The summed E-state index contributed by atoms with van der Waals surface area (Å²) in [5.41, 5.74) is 9.01. The lowest BCUT2D eigenvalue weighted by Gasteiger charge is -2.27. The largest absolute Gasteiger partial charge is 0.454 e. The van der Waals surface area contributed by atoms with Gasteiger partial charge < -0.3 is 22.7 Å². The van der Waals surface area contributed by atoms with Gasteiger partial charge in [-0.25, -0.2) is 13.2 Å². The highest BCUT2D eigenvalue weighted by Gasteiger charge is 2.35. The van der Waals surface area contributed by atoms with E-state index in [-0.39, 0.29) is 11.1 Å². The SMILES string of the molecule is Cc1ccc2c(c1)c1ccc3c4ccccc4oc3c1n2-c1c(C#N)c(-n2c3ccccc3c3cc(F)ccc32)c(-n2c3ccccc3c3cc(F)ccc32)c(C#N)c1-n1c2ccccc2c2cc(F)ccc21. The predicted molar refractivity (Wildman–Crippen MR) is 285 cm³/mol. The van der Waals surface area contributed by atoms with Crippen LogP contribution in [0.2, 0.25) is 0 Å². The van der Waals surface area contributed by atoms with Gasteiger partial charge in [-0.15, -0.1) is 0 Å². The van der Waals surface area contributed by atoms with Crippen molar-refractivity contribution >= 4 is 109 Å². The lowest BCUT2D eigenvalue weighted by Crippen LogP contribution is -2.16. The van der Waals surface area contributed by atoms with Crippen LogP contribution in [0.15, 0.2) is 186 Å². The number of rotatable bonds is 4. The van der Waals surface area contributed by atoms with Crippen LogP contribution in [0.5, 0.6) is 0 Å². The van der Waals surface area contributed by atoms with Gasteiger partial charge in [0.25, 0.3) is 0 Å². The molecule has 0 aliphatic carbocycles. The van der Waals surface area contributed by atoms with Crippen molar-refractivity contribution in [3.63, 3.8) is 0 Å². The molecule has 0 bridgehead atoms. The number of hydrogen-bond acceptors (Lipinski definition) is 3. The van der Waals surface area contributed by atoms with E-state index in [1.54, 1.807) is 18.2 Å². The molecule has 15 aromatic rings. The zero-order valence-corrected chi connectivity index (χ0v) is 38.5. The van der Waals surface area contributed by atoms with Crippen LogP contribution in [0.4, 0.5) is 13.2 Å². The van der Waals surface area contributed by atoms with Gasteiger partial charge in [0.15, 0.2) is 5.58 Å². The highest BCUT2D eigenvalue weighted by molar-refractivity contribution is 6.23. The first-order chi connectivity index (χ1) is 35.8. The van der Waals surface area contributed by atoms with Gasteiger partial charge in [0.05, 0.1) is 66.9 Å². The second-order valence-electron chi connectivity index (χ2n) is 18.7. The van der Waals surface area contributed by atoms with Gasteiger partial charge in [-0.05, 0) is 104 Å². The number of nitrogens with zero attached hydrogens (tertiary/aromatic N) is 6. The zero-order valence-electron chi connectivity index (χ0n) is 38.5. The van der Waals surface area contributed by atoms with E-state index in [0.717, 1.165) is 48.8 Å². The molecule has 5 heterocycles. The van der Waals surface area contributed by atoms with E-state index < -0.39 is 17.5 Å². The minimum Gasteiger partial charge on any atom is -0.454 e. The van der Waals surface area contributed by atoms with Gasteiger partial charge in [0, 0.05) is 53.9 Å². The molecule has 0 amide bonds. The first-order valence-electron chi connectivity index (χ1n) is 23.8. The van der Waals surface area contributed by atoms with Crippen molar-refractivity contribution in [1.29, 1.82) is 10.5 Å². The molecular weight excluding hydrogens is 914 g/mol. The number of halogens is 3. The summed E-state index contributed by atoms with van der Waals surface area (Å²) >= 11 is 0. The van der Waals surface area contributed by atoms with Crippen molar-refractivity contribution < 1.29 is 17.6 Å². The number of hydrogen-bond donors (Lipinski definition) is 0. The Balaban J connectivity index is 1.29. The van der Waals surface area contributed by atoms with Crippen molar-refractivity contribution in [2.24, 2.45) is 0 Å². The van der Waals surface area contributed by atoms with Crippen LogP contribution in [0, 0.1) is 47.0 Å². The van der Waals surface area contributed by atoms with Crippen LogP contribution in [-0.4, -0.2) is 18.3 Å². The molecule has 15 rings (SSSR count). The fourth-order valence-corrected chi connectivity index (χ4v) is 12.0. The van der Waals surface area contributed by atoms with E-state index in [0.29, 0.717) is 88.7 Å². The summed E-state index contributed by atoms with van der Waals surface area (Å²) in [6, 6.07) is 60.5. The van der Waals surface area contributed by atoms with E-state index in [9.17, 15) is 10.5 Å². The molecule has 0 saturated carbocycles. The van der Waals surface area contributed by atoms with Crippen LogP contribution >= 0.6 is 0 Å². The maximum atomic E-state index is 15.7. The Bertz CT molecular complexity index is 5070. The molecule has 10 aromatic carbocycles. The fraction of sp³-hybridized carbons (Fsp3) is 0.0159. The van der Waals surface area contributed by atoms with Gasteiger partial charge in [-0.1, -0.05) is 90.5 Å². The molecule has 0 atom stereocenters. The second-order valence-corrected chi connectivity index (χ2v) is 18.7. The Morgan fingerprint density at radius 2 is 0.726 bits per heavy atom. The molecule has 7 nitrogen and oxygen atoms in total. The minimum atomic E-state index is -0.440. The minimum absolute atomic E-state index is 0.148. The van der Waals surface area contributed by atoms with E-state index in [1.807, 2.05) is 130 Å².